The molecule has 0 aromatic heterocycles. The van der Waals surface area contributed by atoms with Gasteiger partial charge >= 0.3 is 6.29 Å². The second-order valence-corrected chi connectivity index (χ2v) is 6.68. The summed E-state index contributed by atoms with van der Waals surface area (Å²) in [6, 6.07) is 0. The van der Waals surface area contributed by atoms with Gasteiger partial charge in [0.25, 0.3) is 0 Å². The minimum absolute atomic E-state index is 0. The third kappa shape index (κ3) is 8.88. The highest BCUT2D eigenvalue weighted by atomic mass is 15.7. The summed E-state index contributed by atoms with van der Waals surface area (Å²) in [7, 11) is 7.36. The maximum absolute atomic E-state index is 2.45. The van der Waals surface area contributed by atoms with Gasteiger partial charge in [-0.1, -0.05) is 44.6 Å². The molecule has 0 unspecified atom stereocenters. The first kappa shape index (κ1) is 44.4. The average molecular weight is 371 g/mol. The maximum Gasteiger partial charge on any atom is 0.342 e. The Hall–Kier alpha value is -0.120. The van der Waals surface area contributed by atoms with Gasteiger partial charge in [0.2, 0.25) is 0 Å². The minimum Gasteiger partial charge on any atom is -0.227 e. The Morgan fingerprint density at radius 2 is 0.520 bits per heavy atom. The molecule has 25 heavy (non-hydrogen) atoms. The predicted octanol–water partition coefficient (Wildman–Crippen LogP) is 6.55. The summed E-state index contributed by atoms with van der Waals surface area (Å²) >= 11 is 0. The zero-order valence-electron chi connectivity index (χ0n) is 15.2. The van der Waals surface area contributed by atoms with Gasteiger partial charge in [-0.05, 0) is 41.5 Å². The first-order chi connectivity index (χ1) is 8.73. The van der Waals surface area contributed by atoms with E-state index in [1.54, 1.807) is 0 Å². The van der Waals surface area contributed by atoms with E-state index in [-0.39, 0.29) is 44.6 Å². The molecule has 0 saturated heterocycles. The van der Waals surface area contributed by atoms with E-state index in [2.05, 4.69) is 62.7 Å². The monoisotopic (exact) mass is 371 g/mol. The van der Waals surface area contributed by atoms with E-state index < -0.39 is 0 Å². The maximum atomic E-state index is 2.45. The van der Waals surface area contributed by atoms with Crippen LogP contribution in [0.3, 0.4) is 0 Å². The van der Waals surface area contributed by atoms with Crippen LogP contribution in [0.2, 0.25) is 0 Å². The topological polar surface area (TPSA) is 0 Å². The van der Waals surface area contributed by atoms with E-state index in [1.165, 1.54) is 39.3 Å². The molecular weight excluding hydrogens is 306 g/mol. The summed E-state index contributed by atoms with van der Waals surface area (Å²) in [5.74, 6) is 0. The van der Waals surface area contributed by atoms with Crippen LogP contribution in [-0.4, -0.2) is 80.2 Å². The number of hydrogen-bond acceptors (Lipinski definition) is 0. The fourth-order valence-corrected chi connectivity index (χ4v) is 3.67. The highest BCUT2D eigenvalue weighted by Gasteiger charge is 2.54. The quantitative estimate of drug-likeness (QED) is 0.319. The van der Waals surface area contributed by atoms with Gasteiger partial charge in [-0.25, -0.2) is 13.4 Å². The molecule has 0 saturated carbocycles. The molecule has 0 spiro atoms. The molecule has 0 aliphatic rings. The largest absolute Gasteiger partial charge is 0.342 e. The smallest absolute Gasteiger partial charge is 0.227 e. The highest BCUT2D eigenvalue weighted by molar-refractivity contribution is 4.42. The molecule has 0 heterocycles. The zero-order chi connectivity index (χ0) is 15.3. The van der Waals surface area contributed by atoms with E-state index in [0.717, 1.165) is 13.4 Å². The molecule has 0 rings (SSSR count). The van der Waals surface area contributed by atoms with Gasteiger partial charge < -0.3 is 0 Å². The molecule has 0 radical (unpaired) electrons. The third-order valence-corrected chi connectivity index (χ3v) is 6.01. The van der Waals surface area contributed by atoms with Crippen molar-refractivity contribution in [2.75, 3.05) is 60.4 Å². The lowest BCUT2D eigenvalue weighted by molar-refractivity contribution is -1.27. The average Bonchev–Trinajstić information content (AvgIpc) is 2.46. The minimum atomic E-state index is 0. The van der Waals surface area contributed by atoms with Crippen LogP contribution in [0.4, 0.5) is 0 Å². The molecule has 0 atom stereocenters. The molecular formula is C22H64N3+3. The van der Waals surface area contributed by atoms with Crippen molar-refractivity contribution < 1.29 is 13.4 Å². The first-order valence-corrected chi connectivity index (χ1v) is 8.26. The second kappa shape index (κ2) is 17.3. The van der Waals surface area contributed by atoms with Crippen molar-refractivity contribution in [2.24, 2.45) is 0 Å². The summed E-state index contributed by atoms with van der Waals surface area (Å²) in [6.45, 7) is 21.4. The van der Waals surface area contributed by atoms with Crippen LogP contribution in [0.25, 0.3) is 0 Å². The standard InChI is InChI=1S/C16H40N3.6CH4/c1-10-17(7,11-2)16(18(8,12-3)13-4)19(9,14-5)15-6;;;;;;/h16H,10-15H2,1-9H3;6*1H4/q+3;;;;;;. The van der Waals surface area contributed by atoms with Crippen LogP contribution < -0.4 is 0 Å². The Morgan fingerprint density at radius 3 is 0.600 bits per heavy atom. The van der Waals surface area contributed by atoms with Crippen molar-refractivity contribution in [1.29, 1.82) is 0 Å². The van der Waals surface area contributed by atoms with Gasteiger partial charge in [0.1, 0.15) is 0 Å². The van der Waals surface area contributed by atoms with Crippen LogP contribution in [0.5, 0.6) is 0 Å². The second-order valence-electron chi connectivity index (χ2n) is 6.68. The Balaban J connectivity index is -0.000000108. The predicted molar refractivity (Wildman–Crippen MR) is 126 cm³/mol. The third-order valence-electron chi connectivity index (χ3n) is 6.01. The van der Waals surface area contributed by atoms with Crippen LogP contribution in [0.15, 0.2) is 0 Å². The number of rotatable bonds is 9. The number of quaternary nitrogens is 3. The van der Waals surface area contributed by atoms with Gasteiger partial charge in [0.15, 0.2) is 0 Å². The summed E-state index contributed by atoms with van der Waals surface area (Å²) in [5.41, 5.74) is 0. The normalized spacial score (nSPS) is 10.8. The lowest BCUT2D eigenvalue weighted by Gasteiger charge is -2.54. The van der Waals surface area contributed by atoms with Crippen molar-refractivity contribution in [1.82, 2.24) is 0 Å². The number of hydrogen-bond donors (Lipinski definition) is 0. The van der Waals surface area contributed by atoms with Crippen molar-refractivity contribution in [2.45, 2.75) is 92.4 Å². The van der Waals surface area contributed by atoms with E-state index in [4.69, 9.17) is 0 Å². The van der Waals surface area contributed by atoms with E-state index >= 15 is 0 Å². The Labute approximate surface area is 166 Å². The van der Waals surface area contributed by atoms with Crippen LogP contribution in [0.1, 0.15) is 86.1 Å². The van der Waals surface area contributed by atoms with E-state index in [1.807, 2.05) is 0 Å². The highest BCUT2D eigenvalue weighted by Crippen LogP contribution is 2.28. The van der Waals surface area contributed by atoms with E-state index in [0.29, 0.717) is 6.29 Å². The summed E-state index contributed by atoms with van der Waals surface area (Å²) in [4.78, 5) is 0. The molecule has 164 valence electrons. The fourth-order valence-electron chi connectivity index (χ4n) is 3.67. The van der Waals surface area contributed by atoms with Crippen molar-refractivity contribution in [3.63, 3.8) is 0 Å². The molecule has 3 heteroatoms. The van der Waals surface area contributed by atoms with Gasteiger partial charge in [0.05, 0.1) is 60.4 Å². The summed E-state index contributed by atoms with van der Waals surface area (Å²) in [6.07, 6.45) is 0.625. The van der Waals surface area contributed by atoms with Crippen LogP contribution >= 0.6 is 0 Å². The van der Waals surface area contributed by atoms with Gasteiger partial charge in [-0.3, -0.25) is 0 Å². The summed E-state index contributed by atoms with van der Waals surface area (Å²) in [5, 5.41) is 0. The van der Waals surface area contributed by atoms with Gasteiger partial charge in [0, 0.05) is 0 Å². The molecule has 0 aliphatic heterocycles. The van der Waals surface area contributed by atoms with E-state index in [9.17, 15) is 0 Å². The summed E-state index contributed by atoms with van der Waals surface area (Å²) < 4.78 is 3.49. The van der Waals surface area contributed by atoms with Crippen molar-refractivity contribution in [3.05, 3.63) is 0 Å². The Bertz CT molecular complexity index is 209. The molecule has 0 N–H and O–H groups in total. The SMILES string of the molecule is C.C.C.C.C.C.CC[N+](C)(CC)C([N+](C)(CC)CC)[N+](C)(CC)CC. The number of nitrogens with zero attached hydrogens (tertiary/aromatic N) is 3. The molecule has 0 fully saturated rings. The molecule has 0 aromatic rings. The van der Waals surface area contributed by atoms with Crippen molar-refractivity contribution >= 4 is 0 Å². The molecule has 0 bridgehead atoms. The van der Waals surface area contributed by atoms with Crippen molar-refractivity contribution in [3.8, 4) is 0 Å². The Kier molecular flexibility index (Phi) is 30.7. The fraction of sp³-hybridized carbons (Fsp3) is 1.00. The zero-order valence-corrected chi connectivity index (χ0v) is 15.2. The van der Waals surface area contributed by atoms with Gasteiger partial charge in [-0.2, -0.15) is 0 Å². The molecule has 0 aromatic carbocycles. The lowest BCUT2D eigenvalue weighted by atomic mass is 10.2. The first-order valence-electron chi connectivity index (χ1n) is 8.26. The molecule has 0 aliphatic carbocycles. The van der Waals surface area contributed by atoms with Crippen LogP contribution in [-0.2, 0) is 0 Å². The Morgan fingerprint density at radius 1 is 0.400 bits per heavy atom. The molecule has 0 amide bonds. The van der Waals surface area contributed by atoms with Crippen LogP contribution in [0, 0.1) is 0 Å². The van der Waals surface area contributed by atoms with Gasteiger partial charge in [-0.15, -0.1) is 0 Å². The molecule has 3 nitrogen and oxygen atoms in total. The lowest BCUT2D eigenvalue weighted by Crippen LogP contribution is -2.78.